The highest BCUT2D eigenvalue weighted by Crippen LogP contribution is 2.08. The van der Waals surface area contributed by atoms with Gasteiger partial charge in [0.2, 0.25) is 6.29 Å². The van der Waals surface area contributed by atoms with Gasteiger partial charge in [0.05, 0.1) is 0 Å². The SMILES string of the molecule is CCCC(CC)OC(=O)OC(C)OC(C)=O. The van der Waals surface area contributed by atoms with E-state index in [9.17, 15) is 9.59 Å². The summed E-state index contributed by atoms with van der Waals surface area (Å²) in [4.78, 5) is 21.8. The molecular weight excluding hydrogens is 212 g/mol. The molecule has 0 aliphatic heterocycles. The summed E-state index contributed by atoms with van der Waals surface area (Å²) in [6, 6.07) is 0. The molecule has 2 atom stereocenters. The Morgan fingerprint density at radius 1 is 1.12 bits per heavy atom. The summed E-state index contributed by atoms with van der Waals surface area (Å²) in [5.41, 5.74) is 0. The van der Waals surface area contributed by atoms with E-state index in [0.717, 1.165) is 19.3 Å². The molecule has 5 nitrogen and oxygen atoms in total. The summed E-state index contributed by atoms with van der Waals surface area (Å²) in [5.74, 6) is -0.499. The van der Waals surface area contributed by atoms with Crippen LogP contribution in [-0.2, 0) is 19.0 Å². The summed E-state index contributed by atoms with van der Waals surface area (Å²) in [7, 11) is 0. The van der Waals surface area contributed by atoms with E-state index in [-0.39, 0.29) is 6.10 Å². The van der Waals surface area contributed by atoms with Gasteiger partial charge in [0.1, 0.15) is 6.10 Å². The fraction of sp³-hybridized carbons (Fsp3) is 0.818. The number of carbonyl (C=O) groups excluding carboxylic acids is 2. The first kappa shape index (κ1) is 14.7. The average Bonchev–Trinajstić information content (AvgIpc) is 2.15. The molecule has 5 heteroatoms. The van der Waals surface area contributed by atoms with Gasteiger partial charge in [-0.15, -0.1) is 0 Å². The first-order valence-corrected chi connectivity index (χ1v) is 5.54. The minimum Gasteiger partial charge on any atom is -0.431 e. The fourth-order valence-corrected chi connectivity index (χ4v) is 1.23. The monoisotopic (exact) mass is 232 g/mol. The molecule has 94 valence electrons. The Balaban J connectivity index is 3.91. The largest absolute Gasteiger partial charge is 0.511 e. The molecule has 0 aromatic carbocycles. The van der Waals surface area contributed by atoms with Crippen LogP contribution in [0.2, 0.25) is 0 Å². The molecule has 0 heterocycles. The van der Waals surface area contributed by atoms with Crippen LogP contribution in [0.25, 0.3) is 0 Å². The first-order valence-electron chi connectivity index (χ1n) is 5.54. The summed E-state index contributed by atoms with van der Waals surface area (Å²) >= 11 is 0. The normalized spacial score (nSPS) is 13.8. The van der Waals surface area contributed by atoms with Crippen molar-refractivity contribution in [1.82, 2.24) is 0 Å². The fourth-order valence-electron chi connectivity index (χ4n) is 1.23. The number of hydrogen-bond donors (Lipinski definition) is 0. The number of ether oxygens (including phenoxy) is 3. The Hall–Kier alpha value is -1.26. The Bertz CT molecular complexity index is 226. The molecule has 0 aromatic heterocycles. The lowest BCUT2D eigenvalue weighted by Gasteiger charge is -2.17. The van der Waals surface area contributed by atoms with Crippen molar-refractivity contribution in [3.8, 4) is 0 Å². The van der Waals surface area contributed by atoms with Crippen molar-refractivity contribution >= 4 is 12.1 Å². The second kappa shape index (κ2) is 7.96. The van der Waals surface area contributed by atoms with Crippen molar-refractivity contribution in [3.05, 3.63) is 0 Å². The molecule has 0 saturated heterocycles. The number of rotatable bonds is 6. The van der Waals surface area contributed by atoms with Gasteiger partial charge in [-0.25, -0.2) is 4.79 Å². The second-order valence-corrected chi connectivity index (χ2v) is 3.48. The lowest BCUT2D eigenvalue weighted by molar-refractivity contribution is -0.166. The lowest BCUT2D eigenvalue weighted by Crippen LogP contribution is -2.24. The van der Waals surface area contributed by atoms with Crippen molar-refractivity contribution in [2.24, 2.45) is 0 Å². The maximum atomic E-state index is 11.2. The maximum absolute atomic E-state index is 11.2. The van der Waals surface area contributed by atoms with Crippen molar-refractivity contribution in [2.45, 2.75) is 59.4 Å². The Morgan fingerprint density at radius 3 is 2.19 bits per heavy atom. The van der Waals surface area contributed by atoms with Crippen LogP contribution in [0.3, 0.4) is 0 Å². The predicted molar refractivity (Wildman–Crippen MR) is 57.8 cm³/mol. The smallest absolute Gasteiger partial charge is 0.431 e. The van der Waals surface area contributed by atoms with Crippen molar-refractivity contribution < 1.29 is 23.8 Å². The zero-order valence-electron chi connectivity index (χ0n) is 10.3. The third kappa shape index (κ3) is 7.09. The van der Waals surface area contributed by atoms with Crippen LogP contribution in [-0.4, -0.2) is 24.5 Å². The van der Waals surface area contributed by atoms with Crippen LogP contribution < -0.4 is 0 Å². The third-order valence-corrected chi connectivity index (χ3v) is 1.92. The van der Waals surface area contributed by atoms with E-state index in [1.165, 1.54) is 13.8 Å². The molecule has 16 heavy (non-hydrogen) atoms. The molecule has 0 amide bonds. The summed E-state index contributed by atoms with van der Waals surface area (Å²) in [6.07, 6.45) is 0.629. The Morgan fingerprint density at radius 2 is 1.75 bits per heavy atom. The van der Waals surface area contributed by atoms with Crippen molar-refractivity contribution in [2.75, 3.05) is 0 Å². The molecule has 0 aromatic rings. The summed E-state index contributed by atoms with van der Waals surface area (Å²) < 4.78 is 14.4. The van der Waals surface area contributed by atoms with Crippen LogP contribution in [0.4, 0.5) is 4.79 Å². The molecule has 0 radical (unpaired) electrons. The van der Waals surface area contributed by atoms with Crippen molar-refractivity contribution in [1.29, 1.82) is 0 Å². The molecule has 0 N–H and O–H groups in total. The topological polar surface area (TPSA) is 61.8 Å². The number of carbonyl (C=O) groups is 2. The van der Waals surface area contributed by atoms with Gasteiger partial charge in [-0.3, -0.25) is 4.79 Å². The minimum absolute atomic E-state index is 0.137. The number of hydrogen-bond acceptors (Lipinski definition) is 5. The standard InChI is InChI=1S/C11H20O5/c1-5-7-10(6-2)16-11(13)15-9(4)14-8(3)12/h9-10H,5-7H2,1-4H3. The highest BCUT2D eigenvalue weighted by Gasteiger charge is 2.16. The van der Waals surface area contributed by atoms with Gasteiger partial charge >= 0.3 is 12.1 Å². The van der Waals surface area contributed by atoms with Crippen LogP contribution >= 0.6 is 0 Å². The predicted octanol–water partition coefficient (Wildman–Crippen LogP) is 2.63. The zero-order chi connectivity index (χ0) is 12.6. The zero-order valence-corrected chi connectivity index (χ0v) is 10.3. The number of esters is 1. The van der Waals surface area contributed by atoms with Crippen LogP contribution in [0.1, 0.15) is 47.0 Å². The van der Waals surface area contributed by atoms with E-state index in [1.807, 2.05) is 13.8 Å². The van der Waals surface area contributed by atoms with Gasteiger partial charge in [0.15, 0.2) is 0 Å². The van der Waals surface area contributed by atoms with Crippen molar-refractivity contribution in [3.63, 3.8) is 0 Å². The Kier molecular flexibility index (Phi) is 7.33. The van der Waals surface area contributed by atoms with Crippen LogP contribution in [0.5, 0.6) is 0 Å². The minimum atomic E-state index is -0.913. The van der Waals surface area contributed by atoms with Gasteiger partial charge in [-0.05, 0) is 12.8 Å². The van der Waals surface area contributed by atoms with E-state index in [4.69, 9.17) is 9.47 Å². The molecule has 2 unspecified atom stereocenters. The van der Waals surface area contributed by atoms with Crippen LogP contribution in [0, 0.1) is 0 Å². The van der Waals surface area contributed by atoms with Gasteiger partial charge in [-0.2, -0.15) is 0 Å². The van der Waals surface area contributed by atoms with Gasteiger partial charge in [-0.1, -0.05) is 20.3 Å². The summed E-state index contributed by atoms with van der Waals surface area (Å²) in [6.45, 7) is 6.66. The maximum Gasteiger partial charge on any atom is 0.511 e. The molecule has 0 saturated carbocycles. The quantitative estimate of drug-likeness (QED) is 0.520. The van der Waals surface area contributed by atoms with Gasteiger partial charge in [0, 0.05) is 13.8 Å². The van der Waals surface area contributed by atoms with E-state index < -0.39 is 18.4 Å². The first-order chi connectivity index (χ1) is 7.49. The van der Waals surface area contributed by atoms with Gasteiger partial charge < -0.3 is 14.2 Å². The lowest BCUT2D eigenvalue weighted by atomic mass is 10.2. The van der Waals surface area contributed by atoms with E-state index >= 15 is 0 Å². The Labute approximate surface area is 96.1 Å². The average molecular weight is 232 g/mol. The highest BCUT2D eigenvalue weighted by atomic mass is 16.8. The highest BCUT2D eigenvalue weighted by molar-refractivity contribution is 5.66. The molecular formula is C11H20O5. The van der Waals surface area contributed by atoms with Crippen LogP contribution in [0.15, 0.2) is 0 Å². The van der Waals surface area contributed by atoms with Gasteiger partial charge in [0.25, 0.3) is 0 Å². The van der Waals surface area contributed by atoms with E-state index in [0.29, 0.717) is 0 Å². The van der Waals surface area contributed by atoms with E-state index in [1.54, 1.807) is 0 Å². The molecule has 0 rings (SSSR count). The second-order valence-electron chi connectivity index (χ2n) is 3.48. The summed E-state index contributed by atoms with van der Waals surface area (Å²) in [5, 5.41) is 0. The molecule has 0 spiro atoms. The van der Waals surface area contributed by atoms with E-state index in [2.05, 4.69) is 4.74 Å². The molecule has 0 bridgehead atoms. The molecule has 0 aliphatic carbocycles. The molecule has 0 fully saturated rings. The molecule has 0 aliphatic rings. The third-order valence-electron chi connectivity index (χ3n) is 1.92.